The highest BCUT2D eigenvalue weighted by atomic mass is 19.1. The highest BCUT2D eigenvalue weighted by molar-refractivity contribution is 5.56. The van der Waals surface area contributed by atoms with Crippen LogP contribution in [-0.2, 0) is 6.54 Å². The first-order valence-corrected chi connectivity index (χ1v) is 10.1. The molecule has 1 heterocycles. The molecule has 0 unspecified atom stereocenters. The second-order valence-corrected chi connectivity index (χ2v) is 7.44. The molecule has 0 aliphatic carbocycles. The fourth-order valence-corrected chi connectivity index (χ4v) is 3.65. The van der Waals surface area contributed by atoms with Crippen LogP contribution in [0.3, 0.4) is 0 Å². The molecule has 5 nitrogen and oxygen atoms in total. The van der Waals surface area contributed by atoms with Gasteiger partial charge >= 0.3 is 0 Å². The molecule has 1 saturated heterocycles. The van der Waals surface area contributed by atoms with Crippen LogP contribution in [0, 0.1) is 5.82 Å². The van der Waals surface area contributed by atoms with Gasteiger partial charge in [0, 0.05) is 37.9 Å². The molecule has 0 bridgehead atoms. The van der Waals surface area contributed by atoms with Crippen molar-refractivity contribution >= 4 is 5.69 Å². The topological polar surface area (TPSA) is 34.2 Å². The van der Waals surface area contributed by atoms with Crippen molar-refractivity contribution in [2.24, 2.45) is 0 Å². The van der Waals surface area contributed by atoms with Gasteiger partial charge in [0.1, 0.15) is 6.10 Å². The van der Waals surface area contributed by atoms with Crippen molar-refractivity contribution < 1.29 is 18.6 Å². The van der Waals surface area contributed by atoms with Crippen molar-refractivity contribution in [1.29, 1.82) is 0 Å². The molecule has 2 aromatic carbocycles. The highest BCUT2D eigenvalue weighted by Gasteiger charge is 2.19. The average Bonchev–Trinajstić information content (AvgIpc) is 2.74. The van der Waals surface area contributed by atoms with Gasteiger partial charge < -0.3 is 24.0 Å². The molecule has 1 aliphatic heterocycles. The van der Waals surface area contributed by atoms with Crippen LogP contribution >= 0.6 is 0 Å². The number of halogens is 1. The van der Waals surface area contributed by atoms with E-state index < -0.39 is 0 Å². The van der Waals surface area contributed by atoms with Crippen LogP contribution in [0.15, 0.2) is 36.4 Å². The summed E-state index contributed by atoms with van der Waals surface area (Å²) in [6.45, 7) is 5.43. The summed E-state index contributed by atoms with van der Waals surface area (Å²) in [7, 11) is 5.34. The van der Waals surface area contributed by atoms with Crippen LogP contribution in [-0.4, -0.2) is 51.9 Å². The largest absolute Gasteiger partial charge is 0.493 e. The smallest absolute Gasteiger partial charge is 0.165 e. The molecule has 0 aromatic heterocycles. The zero-order valence-electron chi connectivity index (χ0n) is 17.8. The van der Waals surface area contributed by atoms with Gasteiger partial charge in [-0.25, -0.2) is 4.39 Å². The van der Waals surface area contributed by atoms with Crippen molar-refractivity contribution in [3.63, 3.8) is 0 Å². The fourth-order valence-electron chi connectivity index (χ4n) is 3.65. The first-order valence-electron chi connectivity index (χ1n) is 10.1. The van der Waals surface area contributed by atoms with Gasteiger partial charge in [-0.05, 0) is 56.6 Å². The number of ether oxygens (including phenoxy) is 3. The zero-order valence-corrected chi connectivity index (χ0v) is 17.8. The summed E-state index contributed by atoms with van der Waals surface area (Å²) in [6, 6.07) is 11.1. The molecule has 29 heavy (non-hydrogen) atoms. The Balaban J connectivity index is 1.69. The molecule has 0 N–H and O–H groups in total. The van der Waals surface area contributed by atoms with Crippen molar-refractivity contribution in [3.8, 4) is 17.2 Å². The maximum atomic E-state index is 14.7. The minimum absolute atomic E-state index is 0.0884. The number of nitrogens with zero attached hydrogens (tertiary/aromatic N) is 2. The lowest BCUT2D eigenvalue weighted by Crippen LogP contribution is -2.35. The molecule has 0 saturated carbocycles. The standard InChI is InChI=1S/C23H31FN2O3/c1-5-26(18-7-9-22(27-3)23(15-18)28-4)16-17-6-8-21(20(24)14-17)29-19-10-12-25(2)13-11-19/h6-9,14-15,19H,5,10-13,16H2,1-4H3. The monoisotopic (exact) mass is 402 g/mol. The summed E-state index contributed by atoms with van der Waals surface area (Å²) in [6.07, 6.45) is 1.95. The van der Waals surface area contributed by atoms with Crippen molar-refractivity contribution in [1.82, 2.24) is 4.90 Å². The van der Waals surface area contributed by atoms with E-state index in [1.54, 1.807) is 26.4 Å². The molecule has 0 amide bonds. The SMILES string of the molecule is CCN(Cc1ccc(OC2CCN(C)CC2)c(F)c1)c1ccc(OC)c(OC)c1. The summed E-state index contributed by atoms with van der Waals surface area (Å²) in [5.74, 6) is 1.41. The van der Waals surface area contributed by atoms with E-state index in [1.165, 1.54) is 0 Å². The van der Waals surface area contributed by atoms with E-state index in [1.807, 2.05) is 24.3 Å². The van der Waals surface area contributed by atoms with Crippen molar-refractivity contribution in [2.75, 3.05) is 45.8 Å². The fraction of sp³-hybridized carbons (Fsp3) is 0.478. The van der Waals surface area contributed by atoms with E-state index >= 15 is 0 Å². The Morgan fingerprint density at radius 1 is 1.00 bits per heavy atom. The Morgan fingerprint density at radius 2 is 1.69 bits per heavy atom. The van der Waals surface area contributed by atoms with Gasteiger partial charge in [-0.15, -0.1) is 0 Å². The molecule has 6 heteroatoms. The minimum atomic E-state index is -0.301. The molecular weight excluding hydrogens is 371 g/mol. The lowest BCUT2D eigenvalue weighted by Gasteiger charge is -2.29. The van der Waals surface area contributed by atoms with Crippen LogP contribution in [0.2, 0.25) is 0 Å². The first-order chi connectivity index (χ1) is 14.0. The van der Waals surface area contributed by atoms with Gasteiger partial charge in [-0.1, -0.05) is 6.07 Å². The second kappa shape index (κ2) is 9.83. The lowest BCUT2D eigenvalue weighted by atomic mass is 10.1. The molecule has 1 aliphatic rings. The van der Waals surface area contributed by atoms with E-state index in [9.17, 15) is 4.39 Å². The van der Waals surface area contributed by atoms with E-state index in [2.05, 4.69) is 23.8 Å². The number of rotatable bonds is 8. The van der Waals surface area contributed by atoms with Crippen molar-refractivity contribution in [2.45, 2.75) is 32.4 Å². The van der Waals surface area contributed by atoms with Crippen molar-refractivity contribution in [3.05, 3.63) is 47.8 Å². The molecule has 1 fully saturated rings. The summed E-state index contributed by atoms with van der Waals surface area (Å²) in [5, 5.41) is 0. The molecule has 0 spiro atoms. The van der Waals surface area contributed by atoms with Gasteiger partial charge in [0.15, 0.2) is 23.1 Å². The van der Waals surface area contributed by atoms with Crippen LogP contribution in [0.1, 0.15) is 25.3 Å². The molecule has 2 aromatic rings. The van der Waals surface area contributed by atoms with Gasteiger partial charge in [-0.2, -0.15) is 0 Å². The Morgan fingerprint density at radius 3 is 2.31 bits per heavy atom. The normalized spacial score (nSPS) is 15.2. The maximum Gasteiger partial charge on any atom is 0.165 e. The number of anilines is 1. The Bertz CT molecular complexity index is 807. The molecular formula is C23H31FN2O3. The molecule has 158 valence electrons. The summed E-state index contributed by atoms with van der Waals surface area (Å²) < 4.78 is 31.3. The van der Waals surface area contributed by atoms with Crippen LogP contribution < -0.4 is 19.1 Å². The van der Waals surface area contributed by atoms with Gasteiger partial charge in [0.25, 0.3) is 0 Å². The van der Waals surface area contributed by atoms with E-state index in [4.69, 9.17) is 14.2 Å². The minimum Gasteiger partial charge on any atom is -0.493 e. The van der Waals surface area contributed by atoms with Gasteiger partial charge in [-0.3, -0.25) is 0 Å². The highest BCUT2D eigenvalue weighted by Crippen LogP contribution is 2.32. The summed E-state index contributed by atoms with van der Waals surface area (Å²) in [5.41, 5.74) is 1.90. The Hall–Kier alpha value is -2.47. The number of methoxy groups -OCH3 is 2. The number of likely N-dealkylation sites (tertiary alicyclic amines) is 1. The zero-order chi connectivity index (χ0) is 20.8. The summed E-state index contributed by atoms with van der Waals surface area (Å²) in [4.78, 5) is 4.43. The Labute approximate surface area is 173 Å². The van der Waals surface area contributed by atoms with Gasteiger partial charge in [0.2, 0.25) is 0 Å². The summed E-state index contributed by atoms with van der Waals surface area (Å²) >= 11 is 0. The number of hydrogen-bond donors (Lipinski definition) is 0. The van der Waals surface area contributed by atoms with Crippen LogP contribution in [0.4, 0.5) is 10.1 Å². The van der Waals surface area contributed by atoms with Gasteiger partial charge in [0.05, 0.1) is 14.2 Å². The lowest BCUT2D eigenvalue weighted by molar-refractivity contribution is 0.110. The number of benzene rings is 2. The maximum absolute atomic E-state index is 14.7. The predicted molar refractivity (Wildman–Crippen MR) is 114 cm³/mol. The Kier molecular flexibility index (Phi) is 7.20. The quantitative estimate of drug-likeness (QED) is 0.656. The predicted octanol–water partition coefficient (Wildman–Crippen LogP) is 4.34. The second-order valence-electron chi connectivity index (χ2n) is 7.44. The van der Waals surface area contributed by atoms with Crippen LogP contribution in [0.25, 0.3) is 0 Å². The third-order valence-corrected chi connectivity index (χ3v) is 5.44. The van der Waals surface area contributed by atoms with E-state index in [0.29, 0.717) is 23.8 Å². The molecule has 0 atom stereocenters. The third kappa shape index (κ3) is 5.32. The average molecular weight is 403 g/mol. The number of hydrogen-bond acceptors (Lipinski definition) is 5. The number of piperidine rings is 1. The van der Waals surface area contributed by atoms with E-state index in [-0.39, 0.29) is 11.9 Å². The van der Waals surface area contributed by atoms with Crippen LogP contribution in [0.5, 0.6) is 17.2 Å². The van der Waals surface area contributed by atoms with E-state index in [0.717, 1.165) is 43.7 Å². The molecule has 0 radical (unpaired) electrons. The first kappa shape index (κ1) is 21.2. The third-order valence-electron chi connectivity index (χ3n) is 5.44. The molecule has 3 rings (SSSR count).